The summed E-state index contributed by atoms with van der Waals surface area (Å²) in [6, 6.07) is -0.342. The lowest BCUT2D eigenvalue weighted by Crippen LogP contribution is -2.44. The van der Waals surface area contributed by atoms with Gasteiger partial charge in [-0.3, -0.25) is 0 Å². The van der Waals surface area contributed by atoms with Crippen LogP contribution in [0.3, 0.4) is 0 Å². The van der Waals surface area contributed by atoms with Crippen LogP contribution in [-0.4, -0.2) is 76.7 Å². The predicted molar refractivity (Wildman–Crippen MR) is 87.3 cm³/mol. The Hall–Kier alpha value is -2.14. The number of amides is 2. The van der Waals surface area contributed by atoms with Crippen molar-refractivity contribution in [2.75, 3.05) is 39.5 Å². The van der Waals surface area contributed by atoms with E-state index in [2.05, 4.69) is 26.2 Å². The second kappa shape index (κ2) is 8.64. The number of nitrogens with zero attached hydrogens (tertiary/aromatic N) is 5. The van der Waals surface area contributed by atoms with Crippen LogP contribution in [0.4, 0.5) is 4.79 Å². The van der Waals surface area contributed by atoms with Crippen molar-refractivity contribution in [1.82, 2.24) is 35.7 Å². The molecule has 0 bridgehead atoms. The zero-order valence-electron chi connectivity index (χ0n) is 13.9. The topological polar surface area (TPSA) is 114 Å². The molecule has 1 aliphatic rings. The van der Waals surface area contributed by atoms with Gasteiger partial charge in [0.15, 0.2) is 0 Å². The highest BCUT2D eigenvalue weighted by atomic mass is 32.2. The minimum atomic E-state index is -0.437. The molecule has 132 valence electrons. The third kappa shape index (κ3) is 4.93. The summed E-state index contributed by atoms with van der Waals surface area (Å²) in [7, 11) is 3.94. The molecule has 1 aliphatic heterocycles. The van der Waals surface area contributed by atoms with Gasteiger partial charge in [-0.2, -0.15) is 0 Å². The first-order chi connectivity index (χ1) is 11.5. The monoisotopic (exact) mass is 355 g/mol. The van der Waals surface area contributed by atoms with Gasteiger partial charge in [-0.25, -0.2) is 14.3 Å². The summed E-state index contributed by atoms with van der Waals surface area (Å²) in [6.45, 7) is 3.61. The molecular formula is C13H21N7O3S. The molecule has 24 heavy (non-hydrogen) atoms. The number of hydrogen-bond acceptors (Lipinski definition) is 8. The number of rotatable bonds is 8. The number of tetrazole rings is 1. The number of urea groups is 1. The summed E-state index contributed by atoms with van der Waals surface area (Å²) >= 11 is 1.35. The largest absolute Gasteiger partial charge is 0.463 e. The summed E-state index contributed by atoms with van der Waals surface area (Å²) in [5.41, 5.74) is 0.931. The Labute approximate surface area is 144 Å². The molecule has 0 fully saturated rings. The van der Waals surface area contributed by atoms with Gasteiger partial charge >= 0.3 is 12.0 Å². The van der Waals surface area contributed by atoms with Crippen molar-refractivity contribution in [2.45, 2.75) is 18.6 Å². The number of likely N-dealkylation sites (N-methyl/N-ethyl adjacent to an activating group) is 1. The summed E-state index contributed by atoms with van der Waals surface area (Å²) in [6.07, 6.45) is 0. The van der Waals surface area contributed by atoms with Crippen molar-refractivity contribution in [3.63, 3.8) is 0 Å². The standard InChI is InChI=1S/C13H21N7O3S/c1-4-23-11(21)9-7-14-12(22)15-10(9)8-24-13-16-17-18-20(13)6-5-19(2)3/h4-8H2,1-3H3,(H2,14,15,22). The van der Waals surface area contributed by atoms with Crippen LogP contribution >= 0.6 is 11.8 Å². The molecule has 2 N–H and O–H groups in total. The van der Waals surface area contributed by atoms with Gasteiger partial charge in [-0.05, 0) is 31.4 Å². The minimum absolute atomic E-state index is 0.145. The van der Waals surface area contributed by atoms with E-state index in [4.69, 9.17) is 4.74 Å². The molecule has 10 nitrogen and oxygen atoms in total. The van der Waals surface area contributed by atoms with Gasteiger partial charge < -0.3 is 20.3 Å². The fourth-order valence-corrected chi connectivity index (χ4v) is 2.83. The smallest absolute Gasteiger partial charge is 0.337 e. The number of ether oxygens (including phenoxy) is 1. The molecule has 11 heteroatoms. The molecule has 1 aromatic rings. The Kier molecular flexibility index (Phi) is 6.55. The van der Waals surface area contributed by atoms with Crippen LogP contribution in [-0.2, 0) is 16.1 Å². The van der Waals surface area contributed by atoms with Crippen molar-refractivity contribution in [3.8, 4) is 0 Å². The van der Waals surface area contributed by atoms with Gasteiger partial charge in [0.1, 0.15) is 0 Å². The maximum absolute atomic E-state index is 12.0. The molecule has 0 atom stereocenters. The molecule has 0 aliphatic carbocycles. The van der Waals surface area contributed by atoms with Crippen LogP contribution < -0.4 is 10.6 Å². The predicted octanol–water partition coefficient (Wildman–Crippen LogP) is -0.543. The maximum atomic E-state index is 12.0. The average molecular weight is 355 g/mol. The highest BCUT2D eigenvalue weighted by molar-refractivity contribution is 7.99. The first-order valence-corrected chi connectivity index (χ1v) is 8.47. The molecule has 0 unspecified atom stereocenters. The van der Waals surface area contributed by atoms with E-state index in [0.717, 1.165) is 6.54 Å². The van der Waals surface area contributed by atoms with Crippen LogP contribution in [0.15, 0.2) is 16.4 Å². The lowest BCUT2D eigenvalue weighted by molar-refractivity contribution is -0.138. The summed E-state index contributed by atoms with van der Waals surface area (Å²) in [4.78, 5) is 25.6. The third-order valence-electron chi connectivity index (χ3n) is 3.18. The average Bonchev–Trinajstić information content (AvgIpc) is 2.98. The molecule has 0 saturated carbocycles. The molecule has 2 rings (SSSR count). The summed E-state index contributed by atoms with van der Waals surface area (Å²) in [5, 5.41) is 17.5. The third-order valence-corrected chi connectivity index (χ3v) is 4.16. The molecule has 0 spiro atoms. The van der Waals surface area contributed by atoms with Gasteiger partial charge in [-0.1, -0.05) is 11.8 Å². The van der Waals surface area contributed by atoms with Crippen LogP contribution in [0.25, 0.3) is 0 Å². The van der Waals surface area contributed by atoms with E-state index in [9.17, 15) is 9.59 Å². The zero-order valence-corrected chi connectivity index (χ0v) is 14.7. The van der Waals surface area contributed by atoms with Gasteiger partial charge in [0.05, 0.1) is 25.3 Å². The quantitative estimate of drug-likeness (QED) is 0.472. The lowest BCUT2D eigenvalue weighted by atomic mass is 10.2. The number of aromatic nitrogens is 4. The van der Waals surface area contributed by atoms with Crippen molar-refractivity contribution in [3.05, 3.63) is 11.3 Å². The molecule has 1 aromatic heterocycles. The number of thioether (sulfide) groups is 1. The van der Waals surface area contributed by atoms with Crippen LogP contribution in [0.1, 0.15) is 6.92 Å². The van der Waals surface area contributed by atoms with E-state index < -0.39 is 5.97 Å². The van der Waals surface area contributed by atoms with Crippen molar-refractivity contribution >= 4 is 23.8 Å². The van der Waals surface area contributed by atoms with Crippen LogP contribution in [0.2, 0.25) is 0 Å². The second-order valence-electron chi connectivity index (χ2n) is 5.26. The summed E-state index contributed by atoms with van der Waals surface area (Å²) < 4.78 is 6.72. The maximum Gasteiger partial charge on any atom is 0.337 e. The van der Waals surface area contributed by atoms with Crippen molar-refractivity contribution < 1.29 is 14.3 Å². The molecule has 0 saturated heterocycles. The Bertz CT molecular complexity index is 629. The second-order valence-corrected chi connectivity index (χ2v) is 6.20. The minimum Gasteiger partial charge on any atom is -0.463 e. The number of esters is 1. The normalized spacial score (nSPS) is 14.6. The molecule has 0 aromatic carbocycles. The first kappa shape index (κ1) is 18.2. The number of carbonyl (C=O) groups is 2. The van der Waals surface area contributed by atoms with Gasteiger partial charge in [0.2, 0.25) is 5.16 Å². The fraction of sp³-hybridized carbons (Fsp3) is 0.615. The van der Waals surface area contributed by atoms with Gasteiger partial charge in [-0.15, -0.1) is 5.10 Å². The van der Waals surface area contributed by atoms with Crippen molar-refractivity contribution in [2.24, 2.45) is 0 Å². The van der Waals surface area contributed by atoms with Gasteiger partial charge in [0.25, 0.3) is 0 Å². The Morgan fingerprint density at radius 3 is 2.96 bits per heavy atom. The lowest BCUT2D eigenvalue weighted by Gasteiger charge is -2.20. The van der Waals surface area contributed by atoms with Crippen LogP contribution in [0, 0.1) is 0 Å². The number of hydrogen-bond donors (Lipinski definition) is 2. The fourth-order valence-electron chi connectivity index (χ4n) is 1.94. The Morgan fingerprint density at radius 2 is 2.25 bits per heavy atom. The highest BCUT2D eigenvalue weighted by Gasteiger charge is 2.24. The molecule has 2 amide bonds. The van der Waals surface area contributed by atoms with E-state index in [1.54, 1.807) is 11.6 Å². The Balaban J connectivity index is 2.06. The Morgan fingerprint density at radius 1 is 1.46 bits per heavy atom. The van der Waals surface area contributed by atoms with E-state index in [0.29, 0.717) is 28.7 Å². The summed E-state index contributed by atoms with van der Waals surface area (Å²) in [5.74, 6) is -0.0722. The molecular weight excluding hydrogens is 334 g/mol. The zero-order chi connectivity index (χ0) is 17.5. The number of nitrogens with one attached hydrogen (secondary N) is 2. The molecule has 0 radical (unpaired) electrons. The van der Waals surface area contributed by atoms with E-state index in [-0.39, 0.29) is 19.2 Å². The molecule has 2 heterocycles. The van der Waals surface area contributed by atoms with E-state index >= 15 is 0 Å². The van der Waals surface area contributed by atoms with Gasteiger partial charge in [0, 0.05) is 18.0 Å². The SMILES string of the molecule is CCOC(=O)C1=C(CSc2nnnn2CCN(C)C)NC(=O)NC1. The number of carbonyl (C=O) groups excluding carboxylic acids is 2. The first-order valence-electron chi connectivity index (χ1n) is 7.49. The van der Waals surface area contributed by atoms with Crippen molar-refractivity contribution in [1.29, 1.82) is 0 Å². The highest BCUT2D eigenvalue weighted by Crippen LogP contribution is 2.19. The van der Waals surface area contributed by atoms with E-state index in [1.807, 2.05) is 19.0 Å². The van der Waals surface area contributed by atoms with E-state index in [1.165, 1.54) is 11.8 Å². The van der Waals surface area contributed by atoms with Crippen LogP contribution in [0.5, 0.6) is 0 Å².